The molecule has 2 heterocycles. The molecular weight excluding hydrogens is 222 g/mol. The van der Waals surface area contributed by atoms with Gasteiger partial charge in [0, 0.05) is 24.0 Å². The summed E-state index contributed by atoms with van der Waals surface area (Å²) in [6.45, 7) is 3.55. The SMILES string of the molecule is NC1CCCc2nc(N3CCOCC3)sc21. The zero-order valence-electron chi connectivity index (χ0n) is 9.32. The van der Waals surface area contributed by atoms with Crippen molar-refractivity contribution < 1.29 is 4.74 Å². The minimum Gasteiger partial charge on any atom is -0.378 e. The van der Waals surface area contributed by atoms with Crippen molar-refractivity contribution in [2.75, 3.05) is 31.2 Å². The van der Waals surface area contributed by atoms with Gasteiger partial charge in [-0.1, -0.05) is 11.3 Å². The predicted octanol–water partition coefficient (Wildman–Crippen LogP) is 1.32. The topological polar surface area (TPSA) is 51.4 Å². The Morgan fingerprint density at radius 2 is 2.19 bits per heavy atom. The van der Waals surface area contributed by atoms with E-state index in [0.29, 0.717) is 0 Å². The molecule has 2 N–H and O–H groups in total. The standard InChI is InChI=1S/C11H17N3OS/c12-8-2-1-3-9-10(8)16-11(13-9)14-4-6-15-7-5-14/h8H,1-7,12H2. The number of hydrogen-bond acceptors (Lipinski definition) is 5. The molecule has 0 bridgehead atoms. The summed E-state index contributed by atoms with van der Waals surface area (Å²) in [6, 6.07) is 0.219. The second-order valence-corrected chi connectivity index (χ2v) is 5.41. The maximum absolute atomic E-state index is 6.12. The Balaban J connectivity index is 1.85. The molecule has 4 nitrogen and oxygen atoms in total. The fourth-order valence-corrected chi connectivity index (χ4v) is 3.53. The van der Waals surface area contributed by atoms with Crippen molar-refractivity contribution in [3.63, 3.8) is 0 Å². The third-order valence-electron chi connectivity index (χ3n) is 3.26. The number of thiazole rings is 1. The van der Waals surface area contributed by atoms with Crippen LogP contribution in [0.3, 0.4) is 0 Å². The molecule has 1 unspecified atom stereocenters. The molecule has 16 heavy (non-hydrogen) atoms. The van der Waals surface area contributed by atoms with Crippen LogP contribution in [0.4, 0.5) is 5.13 Å². The number of aromatic nitrogens is 1. The highest BCUT2D eigenvalue weighted by atomic mass is 32.1. The lowest BCUT2D eigenvalue weighted by atomic mass is 9.99. The van der Waals surface area contributed by atoms with E-state index < -0.39 is 0 Å². The van der Waals surface area contributed by atoms with Gasteiger partial charge in [0.1, 0.15) is 0 Å². The number of morpholine rings is 1. The maximum Gasteiger partial charge on any atom is 0.185 e. The fourth-order valence-electron chi connectivity index (χ4n) is 2.33. The zero-order chi connectivity index (χ0) is 11.0. The molecule has 1 aromatic rings. The van der Waals surface area contributed by atoms with Crippen LogP contribution in [0.2, 0.25) is 0 Å². The molecule has 0 radical (unpaired) electrons. The fraction of sp³-hybridized carbons (Fsp3) is 0.727. The lowest BCUT2D eigenvalue weighted by Gasteiger charge is -2.26. The van der Waals surface area contributed by atoms with Crippen LogP contribution in [0.25, 0.3) is 0 Å². The number of fused-ring (bicyclic) bond motifs is 1. The lowest BCUT2D eigenvalue weighted by molar-refractivity contribution is 0.122. The summed E-state index contributed by atoms with van der Waals surface area (Å²) in [5.41, 5.74) is 7.36. The Kier molecular flexibility index (Phi) is 2.83. The van der Waals surface area contributed by atoms with E-state index in [0.717, 1.165) is 44.3 Å². The number of rotatable bonds is 1. The molecule has 1 aliphatic heterocycles. The van der Waals surface area contributed by atoms with E-state index in [1.54, 1.807) is 11.3 Å². The van der Waals surface area contributed by atoms with E-state index in [-0.39, 0.29) is 6.04 Å². The van der Waals surface area contributed by atoms with Gasteiger partial charge in [0.15, 0.2) is 5.13 Å². The first-order chi connectivity index (χ1) is 7.84. The normalized spacial score (nSPS) is 25.6. The van der Waals surface area contributed by atoms with Crippen molar-refractivity contribution in [2.24, 2.45) is 5.73 Å². The third-order valence-corrected chi connectivity index (χ3v) is 4.55. The van der Waals surface area contributed by atoms with Gasteiger partial charge in [0.2, 0.25) is 0 Å². The van der Waals surface area contributed by atoms with Crippen LogP contribution in [-0.4, -0.2) is 31.3 Å². The van der Waals surface area contributed by atoms with E-state index in [2.05, 4.69) is 4.90 Å². The molecule has 1 aromatic heterocycles. The molecule has 88 valence electrons. The largest absolute Gasteiger partial charge is 0.378 e. The van der Waals surface area contributed by atoms with Gasteiger partial charge in [-0.05, 0) is 19.3 Å². The Labute approximate surface area is 99.4 Å². The number of nitrogens with zero attached hydrogens (tertiary/aromatic N) is 2. The van der Waals surface area contributed by atoms with Gasteiger partial charge >= 0.3 is 0 Å². The first-order valence-corrected chi connectivity index (χ1v) is 6.74. The highest BCUT2D eigenvalue weighted by Crippen LogP contribution is 2.36. The van der Waals surface area contributed by atoms with Crippen molar-refractivity contribution >= 4 is 16.5 Å². The van der Waals surface area contributed by atoms with E-state index >= 15 is 0 Å². The Hall–Kier alpha value is -0.650. The van der Waals surface area contributed by atoms with Crippen LogP contribution in [0.15, 0.2) is 0 Å². The minimum atomic E-state index is 0.219. The first kappa shape index (κ1) is 10.5. The van der Waals surface area contributed by atoms with E-state index in [4.69, 9.17) is 15.5 Å². The van der Waals surface area contributed by atoms with Crippen molar-refractivity contribution in [3.05, 3.63) is 10.6 Å². The monoisotopic (exact) mass is 239 g/mol. The van der Waals surface area contributed by atoms with Gasteiger partial charge in [-0.25, -0.2) is 4.98 Å². The van der Waals surface area contributed by atoms with Crippen LogP contribution in [0.5, 0.6) is 0 Å². The average Bonchev–Trinajstić information content (AvgIpc) is 2.76. The average molecular weight is 239 g/mol. The molecule has 2 aliphatic rings. The van der Waals surface area contributed by atoms with Gasteiger partial charge in [-0.2, -0.15) is 0 Å². The van der Waals surface area contributed by atoms with Gasteiger partial charge in [0.05, 0.1) is 18.9 Å². The van der Waals surface area contributed by atoms with Gasteiger partial charge in [-0.15, -0.1) is 0 Å². The molecule has 3 rings (SSSR count). The number of nitrogens with two attached hydrogens (primary N) is 1. The summed E-state index contributed by atoms with van der Waals surface area (Å²) >= 11 is 1.78. The van der Waals surface area contributed by atoms with Crippen molar-refractivity contribution in [1.29, 1.82) is 0 Å². The Morgan fingerprint density at radius 1 is 1.38 bits per heavy atom. The van der Waals surface area contributed by atoms with E-state index in [9.17, 15) is 0 Å². The highest BCUT2D eigenvalue weighted by molar-refractivity contribution is 7.15. The highest BCUT2D eigenvalue weighted by Gasteiger charge is 2.24. The molecule has 1 fully saturated rings. The van der Waals surface area contributed by atoms with Gasteiger partial charge < -0.3 is 15.4 Å². The van der Waals surface area contributed by atoms with Crippen molar-refractivity contribution in [1.82, 2.24) is 4.98 Å². The van der Waals surface area contributed by atoms with Crippen LogP contribution < -0.4 is 10.6 Å². The molecule has 1 saturated heterocycles. The number of hydrogen-bond donors (Lipinski definition) is 1. The third kappa shape index (κ3) is 1.83. The second kappa shape index (κ2) is 4.31. The van der Waals surface area contributed by atoms with Gasteiger partial charge in [0.25, 0.3) is 0 Å². The summed E-state index contributed by atoms with van der Waals surface area (Å²) in [7, 11) is 0. The van der Waals surface area contributed by atoms with Crippen LogP contribution in [0, 0.1) is 0 Å². The molecule has 0 saturated carbocycles. The predicted molar refractivity (Wildman–Crippen MR) is 65.0 cm³/mol. The molecule has 1 atom stereocenters. The molecule has 0 aromatic carbocycles. The lowest BCUT2D eigenvalue weighted by Crippen LogP contribution is -2.36. The summed E-state index contributed by atoms with van der Waals surface area (Å²) in [5, 5.41) is 1.14. The van der Waals surface area contributed by atoms with Crippen LogP contribution in [0.1, 0.15) is 29.5 Å². The summed E-state index contributed by atoms with van der Waals surface area (Å²) in [6.07, 6.45) is 3.39. The summed E-state index contributed by atoms with van der Waals surface area (Å²) < 4.78 is 5.35. The number of anilines is 1. The summed E-state index contributed by atoms with van der Waals surface area (Å²) in [4.78, 5) is 8.37. The maximum atomic E-state index is 6.12. The van der Waals surface area contributed by atoms with Crippen molar-refractivity contribution in [3.8, 4) is 0 Å². The number of aryl methyl sites for hydroxylation is 1. The van der Waals surface area contributed by atoms with Crippen molar-refractivity contribution in [2.45, 2.75) is 25.3 Å². The number of ether oxygens (including phenoxy) is 1. The minimum absolute atomic E-state index is 0.219. The van der Waals surface area contributed by atoms with Crippen LogP contribution in [-0.2, 0) is 11.2 Å². The first-order valence-electron chi connectivity index (χ1n) is 5.92. The molecular formula is C11H17N3OS. The molecule has 5 heteroatoms. The van der Waals surface area contributed by atoms with Gasteiger partial charge in [-0.3, -0.25) is 0 Å². The Bertz CT molecular complexity index is 373. The second-order valence-electron chi connectivity index (χ2n) is 4.41. The van der Waals surface area contributed by atoms with E-state index in [1.165, 1.54) is 17.0 Å². The smallest absolute Gasteiger partial charge is 0.185 e. The molecule has 1 aliphatic carbocycles. The quantitative estimate of drug-likeness (QED) is 0.803. The van der Waals surface area contributed by atoms with Crippen LogP contribution >= 0.6 is 11.3 Å². The van der Waals surface area contributed by atoms with E-state index in [1.807, 2.05) is 0 Å². The molecule has 0 spiro atoms. The Morgan fingerprint density at radius 3 is 2.94 bits per heavy atom. The summed E-state index contributed by atoms with van der Waals surface area (Å²) in [5.74, 6) is 0. The zero-order valence-corrected chi connectivity index (χ0v) is 10.1. The molecule has 0 amide bonds.